The van der Waals surface area contributed by atoms with Gasteiger partial charge >= 0.3 is 11.9 Å². The summed E-state index contributed by atoms with van der Waals surface area (Å²) in [6, 6.07) is 0. The molecule has 0 unspecified atom stereocenters. The van der Waals surface area contributed by atoms with Crippen LogP contribution in [0.2, 0.25) is 0 Å². The van der Waals surface area contributed by atoms with Crippen molar-refractivity contribution < 1.29 is 45.0 Å². The van der Waals surface area contributed by atoms with Crippen LogP contribution >= 0.6 is 0 Å². The fraction of sp³-hybridized carbons (Fsp3) is 0.400. The lowest BCUT2D eigenvalue weighted by atomic mass is 10.1. The molecule has 2 aromatic heterocycles. The lowest BCUT2D eigenvalue weighted by Gasteiger charge is -2.07. The molecule has 0 aliphatic heterocycles. The molecule has 2 rings (SSSR count). The van der Waals surface area contributed by atoms with Gasteiger partial charge in [-0.3, -0.25) is 19.6 Å². The molecule has 6 N–H and O–H groups in total. The first-order chi connectivity index (χ1) is 14.5. The van der Waals surface area contributed by atoms with E-state index in [1.165, 1.54) is 26.2 Å². The molecule has 172 valence electrons. The number of esters is 2. The second kappa shape index (κ2) is 14.0. The highest BCUT2D eigenvalue weighted by atomic mass is 16.6. The molecule has 0 amide bonds. The summed E-state index contributed by atoms with van der Waals surface area (Å²) in [6.45, 7) is 4.61. The summed E-state index contributed by atoms with van der Waals surface area (Å²) in [5.41, 5.74) is 2.53. The smallest absolute Gasteiger partial charge is 0.310 e. The topological polar surface area (TPSA) is 191 Å². The highest BCUT2D eigenvalue weighted by Crippen LogP contribution is 2.24. The van der Waals surface area contributed by atoms with Crippen molar-refractivity contribution in [1.29, 1.82) is 0 Å². The van der Waals surface area contributed by atoms with Gasteiger partial charge in [-0.05, 0) is 13.8 Å². The fourth-order valence-corrected chi connectivity index (χ4v) is 2.20. The highest BCUT2D eigenvalue weighted by molar-refractivity contribution is 5.82. The molecule has 2 heterocycles. The number of hydrogen-bond donors (Lipinski definition) is 6. The number of aryl methyl sites for hydroxylation is 2. The monoisotopic (exact) mass is 440 g/mol. The van der Waals surface area contributed by atoms with Gasteiger partial charge in [-0.1, -0.05) is 0 Å². The van der Waals surface area contributed by atoms with Crippen molar-refractivity contribution >= 4 is 11.9 Å². The Morgan fingerprint density at radius 1 is 0.742 bits per heavy atom. The summed E-state index contributed by atoms with van der Waals surface area (Å²) in [5, 5.41) is 54.1. The standard InChI is InChI=1S/2C8H11NO3.C4H6O3/c2*1-5-8(12)7(4-11)6(3-10)2-9-5;1-3(5)7-4(2)6/h2*2,10-12H,3-4H2,1H3;1-2H3. The van der Waals surface area contributed by atoms with Gasteiger partial charge in [-0.2, -0.15) is 0 Å². The Bertz CT molecular complexity index is 814. The Hall–Kier alpha value is -3.12. The maximum atomic E-state index is 9.81. The van der Waals surface area contributed by atoms with E-state index >= 15 is 0 Å². The van der Waals surface area contributed by atoms with Gasteiger partial charge in [0.1, 0.15) is 11.5 Å². The summed E-state index contributed by atoms with van der Waals surface area (Å²) in [4.78, 5) is 27.3. The first kappa shape index (κ1) is 27.9. The van der Waals surface area contributed by atoms with Gasteiger partial charge in [0, 0.05) is 48.5 Å². The third-order valence-electron chi connectivity index (χ3n) is 3.80. The van der Waals surface area contributed by atoms with E-state index < -0.39 is 11.9 Å². The molecule has 0 spiro atoms. The molecule has 0 aliphatic rings. The number of hydrogen-bond acceptors (Lipinski definition) is 11. The number of rotatable bonds is 4. The molecular weight excluding hydrogens is 412 g/mol. The first-order valence-electron chi connectivity index (χ1n) is 8.98. The van der Waals surface area contributed by atoms with E-state index in [1.807, 2.05) is 0 Å². The lowest BCUT2D eigenvalue weighted by molar-refractivity contribution is -0.156. The van der Waals surface area contributed by atoms with Gasteiger partial charge in [0.25, 0.3) is 0 Å². The number of aromatic hydroxyl groups is 2. The van der Waals surface area contributed by atoms with E-state index in [0.29, 0.717) is 33.6 Å². The molecule has 0 saturated heterocycles. The van der Waals surface area contributed by atoms with Crippen LogP contribution in [-0.2, 0) is 40.8 Å². The van der Waals surface area contributed by atoms with E-state index in [4.69, 9.17) is 20.4 Å². The Balaban J connectivity index is 0.000000454. The summed E-state index contributed by atoms with van der Waals surface area (Å²) in [5.74, 6) is -1.20. The van der Waals surface area contributed by atoms with Crippen LogP contribution in [0.15, 0.2) is 12.4 Å². The molecule has 0 fully saturated rings. The van der Waals surface area contributed by atoms with Crippen molar-refractivity contribution in [3.8, 4) is 11.5 Å². The van der Waals surface area contributed by atoms with Crippen LogP contribution in [0.1, 0.15) is 47.5 Å². The molecule has 0 aliphatic carbocycles. The van der Waals surface area contributed by atoms with Crippen molar-refractivity contribution in [2.75, 3.05) is 0 Å². The summed E-state index contributed by atoms with van der Waals surface area (Å²) < 4.78 is 3.97. The SMILES string of the molecule is CC(=O)OC(C)=O.Cc1ncc(CO)c(CO)c1O.Cc1ncc(CO)c(CO)c1O. The molecule has 11 heteroatoms. The Labute approximate surface area is 179 Å². The van der Waals surface area contributed by atoms with Crippen LogP contribution in [0.25, 0.3) is 0 Å². The fourth-order valence-electron chi connectivity index (χ4n) is 2.20. The molecule has 0 bridgehead atoms. The van der Waals surface area contributed by atoms with Crippen LogP contribution < -0.4 is 0 Å². The summed E-state index contributed by atoms with van der Waals surface area (Å²) in [6.07, 6.45) is 2.89. The van der Waals surface area contributed by atoms with E-state index in [0.717, 1.165) is 0 Å². The largest absolute Gasteiger partial charge is 0.506 e. The average Bonchev–Trinajstić information content (AvgIpc) is 2.71. The van der Waals surface area contributed by atoms with Crippen molar-refractivity contribution in [3.05, 3.63) is 46.0 Å². The molecular formula is C20H28N2O9. The van der Waals surface area contributed by atoms with E-state index in [2.05, 4.69) is 14.7 Å². The van der Waals surface area contributed by atoms with Gasteiger partial charge in [-0.25, -0.2) is 0 Å². The van der Waals surface area contributed by atoms with Gasteiger partial charge in [0.05, 0.1) is 37.8 Å². The minimum absolute atomic E-state index is 0.0379. The normalized spacial score (nSPS) is 9.68. The summed E-state index contributed by atoms with van der Waals surface area (Å²) in [7, 11) is 0. The van der Waals surface area contributed by atoms with Crippen LogP contribution in [0.5, 0.6) is 11.5 Å². The maximum Gasteiger partial charge on any atom is 0.310 e. The molecule has 0 radical (unpaired) electrons. The Kier molecular flexibility index (Phi) is 12.6. The number of nitrogens with zero attached hydrogens (tertiary/aromatic N) is 2. The zero-order valence-corrected chi connectivity index (χ0v) is 17.8. The van der Waals surface area contributed by atoms with Crippen LogP contribution in [-0.4, -0.2) is 52.5 Å². The molecule has 31 heavy (non-hydrogen) atoms. The number of carbonyl (C=O) groups excluding carboxylic acids is 2. The predicted molar refractivity (Wildman–Crippen MR) is 107 cm³/mol. The van der Waals surface area contributed by atoms with Crippen molar-refractivity contribution in [1.82, 2.24) is 9.97 Å². The van der Waals surface area contributed by atoms with E-state index in [1.54, 1.807) is 13.8 Å². The molecule has 0 atom stereocenters. The van der Waals surface area contributed by atoms with Gasteiger partial charge < -0.3 is 35.4 Å². The molecule has 0 aromatic carbocycles. The van der Waals surface area contributed by atoms with Gasteiger partial charge in [-0.15, -0.1) is 0 Å². The van der Waals surface area contributed by atoms with Crippen molar-refractivity contribution in [2.45, 2.75) is 54.1 Å². The van der Waals surface area contributed by atoms with Crippen molar-refractivity contribution in [2.24, 2.45) is 0 Å². The van der Waals surface area contributed by atoms with Gasteiger partial charge in [0.15, 0.2) is 0 Å². The van der Waals surface area contributed by atoms with Gasteiger partial charge in [0.2, 0.25) is 0 Å². The number of aliphatic hydroxyl groups is 4. The van der Waals surface area contributed by atoms with Crippen LogP contribution in [0, 0.1) is 13.8 Å². The second-order valence-electron chi connectivity index (χ2n) is 6.11. The molecule has 2 aromatic rings. The quantitative estimate of drug-likeness (QED) is 0.282. The Morgan fingerprint density at radius 2 is 1.06 bits per heavy atom. The highest BCUT2D eigenvalue weighted by Gasteiger charge is 2.10. The lowest BCUT2D eigenvalue weighted by Crippen LogP contribution is -2.03. The zero-order valence-electron chi connectivity index (χ0n) is 17.8. The first-order valence-corrected chi connectivity index (χ1v) is 8.98. The van der Waals surface area contributed by atoms with Crippen LogP contribution in [0.4, 0.5) is 0 Å². The molecule has 11 nitrogen and oxygen atoms in total. The van der Waals surface area contributed by atoms with E-state index in [9.17, 15) is 19.8 Å². The number of pyridine rings is 2. The number of aliphatic hydroxyl groups excluding tert-OH is 4. The molecule has 0 saturated carbocycles. The third-order valence-corrected chi connectivity index (χ3v) is 3.80. The number of ether oxygens (including phenoxy) is 1. The second-order valence-corrected chi connectivity index (χ2v) is 6.11. The maximum absolute atomic E-state index is 9.81. The van der Waals surface area contributed by atoms with Crippen LogP contribution in [0.3, 0.4) is 0 Å². The number of aromatic nitrogens is 2. The third kappa shape index (κ3) is 9.05. The summed E-state index contributed by atoms with van der Waals surface area (Å²) >= 11 is 0. The predicted octanol–water partition coefficient (Wildman–Crippen LogP) is 0.256. The zero-order chi connectivity index (χ0) is 24.1. The minimum Gasteiger partial charge on any atom is -0.506 e. The van der Waals surface area contributed by atoms with E-state index in [-0.39, 0.29) is 37.9 Å². The average molecular weight is 440 g/mol. The number of carbonyl (C=O) groups is 2. The Morgan fingerprint density at radius 3 is 1.26 bits per heavy atom. The minimum atomic E-state index is -0.562. The van der Waals surface area contributed by atoms with Crippen molar-refractivity contribution in [3.63, 3.8) is 0 Å².